The number of nitrogens with one attached hydrogen (secondary N) is 1. The maximum Gasteiger partial charge on any atom is 0.243 e. The van der Waals surface area contributed by atoms with E-state index in [9.17, 15) is 12.8 Å². The Bertz CT molecular complexity index is 820. The molecule has 1 heterocycles. The van der Waals surface area contributed by atoms with Crippen LogP contribution in [0.4, 0.5) is 10.1 Å². The Kier molecular flexibility index (Phi) is 5.94. The second kappa shape index (κ2) is 8.18. The lowest BCUT2D eigenvalue weighted by Gasteiger charge is -2.34. The number of benzene rings is 2. The summed E-state index contributed by atoms with van der Waals surface area (Å²) >= 11 is 0. The third-order valence-corrected chi connectivity index (χ3v) is 6.88. The van der Waals surface area contributed by atoms with Crippen LogP contribution in [0.3, 0.4) is 0 Å². The minimum Gasteiger partial charge on any atom is -0.381 e. The first-order valence-corrected chi connectivity index (χ1v) is 10.5. The molecule has 1 N–H and O–H groups in total. The molecule has 2 aromatic carbocycles. The normalized spacial score (nSPS) is 18.6. The first kappa shape index (κ1) is 18.9. The van der Waals surface area contributed by atoms with Gasteiger partial charge in [-0.1, -0.05) is 25.5 Å². The van der Waals surface area contributed by atoms with Crippen LogP contribution in [0.1, 0.15) is 38.2 Å². The standard InChI is InChI=1S/C20H25FN2O2S/c1-2-19-5-3-4-14-23(19)26(24,25)20-12-10-18(11-13-20)22-15-16-6-8-17(21)9-7-16/h6-13,19,22H,2-5,14-15H2,1H3. The van der Waals surface area contributed by atoms with E-state index in [0.717, 1.165) is 36.9 Å². The van der Waals surface area contributed by atoms with E-state index in [2.05, 4.69) is 5.32 Å². The van der Waals surface area contributed by atoms with Crippen molar-refractivity contribution in [2.45, 2.75) is 50.1 Å². The topological polar surface area (TPSA) is 49.4 Å². The summed E-state index contributed by atoms with van der Waals surface area (Å²) in [6.45, 7) is 3.20. The van der Waals surface area contributed by atoms with Crippen LogP contribution in [0.15, 0.2) is 53.4 Å². The van der Waals surface area contributed by atoms with Gasteiger partial charge in [-0.3, -0.25) is 0 Å². The van der Waals surface area contributed by atoms with Gasteiger partial charge in [0.1, 0.15) is 5.82 Å². The van der Waals surface area contributed by atoms with E-state index >= 15 is 0 Å². The van der Waals surface area contributed by atoms with E-state index in [1.54, 1.807) is 40.7 Å². The molecule has 4 nitrogen and oxygen atoms in total. The number of piperidine rings is 1. The second-order valence-corrected chi connectivity index (χ2v) is 8.57. The van der Waals surface area contributed by atoms with Crippen LogP contribution in [0, 0.1) is 5.82 Å². The predicted molar refractivity (Wildman–Crippen MR) is 102 cm³/mol. The molecule has 140 valence electrons. The molecule has 0 saturated carbocycles. The summed E-state index contributed by atoms with van der Waals surface area (Å²) in [4.78, 5) is 0.338. The summed E-state index contributed by atoms with van der Waals surface area (Å²) in [5.41, 5.74) is 1.79. The first-order valence-electron chi connectivity index (χ1n) is 9.11. The number of rotatable bonds is 6. The highest BCUT2D eigenvalue weighted by atomic mass is 32.2. The minimum atomic E-state index is -3.45. The molecule has 0 spiro atoms. The van der Waals surface area contributed by atoms with Gasteiger partial charge in [0.2, 0.25) is 10.0 Å². The van der Waals surface area contributed by atoms with Crippen LogP contribution in [-0.4, -0.2) is 25.3 Å². The lowest BCUT2D eigenvalue weighted by molar-refractivity contribution is 0.246. The van der Waals surface area contributed by atoms with E-state index in [0.29, 0.717) is 18.0 Å². The third kappa shape index (κ3) is 4.24. The molecule has 26 heavy (non-hydrogen) atoms. The van der Waals surface area contributed by atoms with Crippen molar-refractivity contribution in [1.82, 2.24) is 4.31 Å². The number of hydrogen-bond acceptors (Lipinski definition) is 3. The van der Waals surface area contributed by atoms with Crippen molar-refractivity contribution < 1.29 is 12.8 Å². The smallest absolute Gasteiger partial charge is 0.243 e. The number of halogens is 1. The Morgan fingerprint density at radius 1 is 1.08 bits per heavy atom. The fourth-order valence-electron chi connectivity index (χ4n) is 3.38. The average Bonchev–Trinajstić information content (AvgIpc) is 2.68. The van der Waals surface area contributed by atoms with Crippen molar-refractivity contribution in [3.05, 3.63) is 59.9 Å². The summed E-state index contributed by atoms with van der Waals surface area (Å²) in [7, 11) is -3.45. The summed E-state index contributed by atoms with van der Waals surface area (Å²) in [6.07, 6.45) is 3.80. The van der Waals surface area contributed by atoms with Gasteiger partial charge in [-0.05, 0) is 61.2 Å². The summed E-state index contributed by atoms with van der Waals surface area (Å²) in [5, 5.41) is 3.23. The molecule has 0 amide bonds. The third-order valence-electron chi connectivity index (χ3n) is 4.92. The molecule has 1 aliphatic heterocycles. The predicted octanol–water partition coefficient (Wildman–Crippen LogP) is 4.39. The van der Waals surface area contributed by atoms with Crippen LogP contribution >= 0.6 is 0 Å². The van der Waals surface area contributed by atoms with Crippen molar-refractivity contribution in [2.24, 2.45) is 0 Å². The van der Waals surface area contributed by atoms with Crippen molar-refractivity contribution in [3.63, 3.8) is 0 Å². The quantitative estimate of drug-likeness (QED) is 0.813. The fourth-order valence-corrected chi connectivity index (χ4v) is 5.15. The summed E-state index contributed by atoms with van der Waals surface area (Å²) < 4.78 is 40.5. The molecule has 0 aliphatic carbocycles. The molecule has 1 atom stereocenters. The maximum atomic E-state index is 12.9. The molecular formula is C20H25FN2O2S. The highest BCUT2D eigenvalue weighted by Gasteiger charge is 2.32. The van der Waals surface area contributed by atoms with Crippen LogP contribution in [0.5, 0.6) is 0 Å². The van der Waals surface area contributed by atoms with E-state index in [4.69, 9.17) is 0 Å². The van der Waals surface area contributed by atoms with Crippen LogP contribution in [0.2, 0.25) is 0 Å². The number of sulfonamides is 1. The van der Waals surface area contributed by atoms with Crippen LogP contribution < -0.4 is 5.32 Å². The Morgan fingerprint density at radius 3 is 2.42 bits per heavy atom. The Labute approximate surface area is 155 Å². The highest BCUT2D eigenvalue weighted by molar-refractivity contribution is 7.89. The average molecular weight is 376 g/mol. The summed E-state index contributed by atoms with van der Waals surface area (Å²) in [5.74, 6) is -0.258. The maximum absolute atomic E-state index is 12.9. The summed E-state index contributed by atoms with van der Waals surface area (Å²) in [6, 6.07) is 13.3. The molecule has 6 heteroatoms. The van der Waals surface area contributed by atoms with Gasteiger partial charge in [0.05, 0.1) is 4.90 Å². The molecule has 1 fully saturated rings. The Morgan fingerprint density at radius 2 is 1.77 bits per heavy atom. The Hall–Kier alpha value is -1.92. The van der Waals surface area contributed by atoms with Gasteiger partial charge < -0.3 is 5.32 Å². The van der Waals surface area contributed by atoms with E-state index in [1.165, 1.54) is 12.1 Å². The number of anilines is 1. The van der Waals surface area contributed by atoms with Gasteiger partial charge in [-0.2, -0.15) is 4.31 Å². The Balaban J connectivity index is 1.69. The minimum absolute atomic E-state index is 0.102. The van der Waals surface area contributed by atoms with Crippen LogP contribution in [0.25, 0.3) is 0 Å². The van der Waals surface area contributed by atoms with Crippen molar-refractivity contribution in [1.29, 1.82) is 0 Å². The lowest BCUT2D eigenvalue weighted by atomic mass is 10.0. The molecule has 3 rings (SSSR count). The van der Waals surface area contributed by atoms with Gasteiger partial charge in [-0.25, -0.2) is 12.8 Å². The molecule has 1 saturated heterocycles. The van der Waals surface area contributed by atoms with Gasteiger partial charge >= 0.3 is 0 Å². The van der Waals surface area contributed by atoms with Gasteiger partial charge in [0, 0.05) is 24.8 Å². The largest absolute Gasteiger partial charge is 0.381 e. The van der Waals surface area contributed by atoms with Gasteiger partial charge in [-0.15, -0.1) is 0 Å². The zero-order valence-electron chi connectivity index (χ0n) is 15.0. The highest BCUT2D eigenvalue weighted by Crippen LogP contribution is 2.27. The monoisotopic (exact) mass is 376 g/mol. The van der Waals surface area contributed by atoms with Gasteiger partial charge in [0.15, 0.2) is 0 Å². The van der Waals surface area contributed by atoms with E-state index < -0.39 is 10.0 Å². The van der Waals surface area contributed by atoms with Crippen LogP contribution in [-0.2, 0) is 16.6 Å². The molecule has 0 radical (unpaired) electrons. The van der Waals surface area contributed by atoms with E-state index in [1.807, 2.05) is 6.92 Å². The molecular weight excluding hydrogens is 351 g/mol. The number of hydrogen-bond donors (Lipinski definition) is 1. The first-order chi connectivity index (χ1) is 12.5. The molecule has 1 aliphatic rings. The molecule has 1 unspecified atom stereocenters. The number of nitrogens with zero attached hydrogens (tertiary/aromatic N) is 1. The molecule has 0 bridgehead atoms. The van der Waals surface area contributed by atoms with Crippen molar-refractivity contribution in [3.8, 4) is 0 Å². The van der Waals surface area contributed by atoms with Crippen molar-refractivity contribution in [2.75, 3.05) is 11.9 Å². The zero-order chi connectivity index (χ0) is 18.6. The van der Waals surface area contributed by atoms with Crippen molar-refractivity contribution >= 4 is 15.7 Å². The lowest BCUT2D eigenvalue weighted by Crippen LogP contribution is -2.43. The van der Waals surface area contributed by atoms with E-state index in [-0.39, 0.29) is 11.9 Å². The zero-order valence-corrected chi connectivity index (χ0v) is 15.8. The fraction of sp³-hybridized carbons (Fsp3) is 0.400. The molecule has 0 aromatic heterocycles. The second-order valence-electron chi connectivity index (χ2n) is 6.68. The SMILES string of the molecule is CCC1CCCCN1S(=O)(=O)c1ccc(NCc2ccc(F)cc2)cc1. The van der Waals surface area contributed by atoms with Gasteiger partial charge in [0.25, 0.3) is 0 Å². The molecule has 2 aromatic rings.